The van der Waals surface area contributed by atoms with Crippen molar-refractivity contribution in [3.8, 4) is 11.5 Å². The zero-order valence-corrected chi connectivity index (χ0v) is 23.8. The monoisotopic (exact) mass is 642 g/mol. The molecule has 0 unspecified atom stereocenters. The van der Waals surface area contributed by atoms with Gasteiger partial charge in [-0.1, -0.05) is 13.0 Å². The van der Waals surface area contributed by atoms with E-state index >= 15 is 0 Å². The maximum atomic E-state index is 13.3. The molecule has 1 heterocycles. The summed E-state index contributed by atoms with van der Waals surface area (Å²) in [5.74, 6) is -0.107. The number of hydrogen-bond donors (Lipinski definition) is 3. The number of ether oxygens (including phenoxy) is 3. The highest BCUT2D eigenvalue weighted by Crippen LogP contribution is 2.37. The largest absolute Gasteiger partial charge is 0.493 e. The number of benzene rings is 1. The molecule has 10 nitrogen and oxygen atoms in total. The lowest BCUT2D eigenvalue weighted by molar-refractivity contribution is -0.135. The van der Waals surface area contributed by atoms with Crippen molar-refractivity contribution in [3.05, 3.63) is 45.1 Å². The van der Waals surface area contributed by atoms with Gasteiger partial charge in [0, 0.05) is 37.3 Å². The van der Waals surface area contributed by atoms with Crippen molar-refractivity contribution in [2.75, 3.05) is 33.4 Å². The lowest BCUT2D eigenvalue weighted by Gasteiger charge is -2.41. The van der Waals surface area contributed by atoms with Gasteiger partial charge < -0.3 is 34.6 Å². The van der Waals surface area contributed by atoms with Crippen molar-refractivity contribution >= 4 is 40.7 Å². The fraction of sp³-hybridized carbons (Fsp3) is 0.519. The van der Waals surface area contributed by atoms with Gasteiger partial charge in [0.05, 0.1) is 29.4 Å². The second-order valence-corrected chi connectivity index (χ2v) is 10.3. The van der Waals surface area contributed by atoms with Crippen molar-refractivity contribution in [2.45, 2.75) is 57.0 Å². The van der Waals surface area contributed by atoms with Gasteiger partial charge in [-0.3, -0.25) is 14.4 Å². The highest BCUT2D eigenvalue weighted by Gasteiger charge is 2.41. The Kier molecular flexibility index (Phi) is 11.6. The second-order valence-electron chi connectivity index (χ2n) is 9.10. The number of aliphatic hydroxyl groups excluding tert-OH is 2. The van der Waals surface area contributed by atoms with Crippen LogP contribution in [0.1, 0.15) is 43.0 Å². The summed E-state index contributed by atoms with van der Waals surface area (Å²) in [5, 5.41) is 23.4. The lowest BCUT2D eigenvalue weighted by Crippen LogP contribution is -2.56. The Morgan fingerprint density at radius 3 is 2.76 bits per heavy atom. The number of allylic oxidation sites excluding steroid dienone is 1. The summed E-state index contributed by atoms with van der Waals surface area (Å²) in [6.07, 6.45) is 5.54. The minimum atomic E-state index is -1.18. The SMILES string of the molecule is CCC=CC(=O)N(C[C@@H]1CCCO1)[C@@H]1CC(C(=O)NCCO)=C[C@H](Oc2c(I)cc(C=O)cc2OC)[C@H]1O. The van der Waals surface area contributed by atoms with E-state index in [1.165, 1.54) is 25.3 Å². The molecule has 1 aromatic rings. The summed E-state index contributed by atoms with van der Waals surface area (Å²) in [5.41, 5.74) is 0.721. The number of halogens is 1. The highest BCUT2D eigenvalue weighted by molar-refractivity contribution is 14.1. The van der Waals surface area contributed by atoms with Crippen LogP contribution >= 0.6 is 22.6 Å². The van der Waals surface area contributed by atoms with Gasteiger partial charge in [0.1, 0.15) is 18.5 Å². The van der Waals surface area contributed by atoms with Crippen LogP contribution in [0.3, 0.4) is 0 Å². The van der Waals surface area contributed by atoms with E-state index in [0.29, 0.717) is 45.5 Å². The van der Waals surface area contributed by atoms with Gasteiger partial charge in [-0.15, -0.1) is 0 Å². The molecule has 1 aliphatic carbocycles. The predicted molar refractivity (Wildman–Crippen MR) is 148 cm³/mol. The molecule has 0 saturated carbocycles. The number of carbonyl (C=O) groups excluding carboxylic acids is 3. The van der Waals surface area contributed by atoms with Crippen LogP contribution in [0.5, 0.6) is 11.5 Å². The molecule has 4 atom stereocenters. The maximum Gasteiger partial charge on any atom is 0.247 e. The van der Waals surface area contributed by atoms with E-state index in [1.807, 2.05) is 29.5 Å². The molecule has 0 aromatic heterocycles. The smallest absolute Gasteiger partial charge is 0.247 e. The molecular formula is C27H35IN2O8. The van der Waals surface area contributed by atoms with E-state index in [1.54, 1.807) is 17.0 Å². The zero-order chi connectivity index (χ0) is 27.7. The summed E-state index contributed by atoms with van der Waals surface area (Å²) in [6, 6.07) is 2.37. The predicted octanol–water partition coefficient (Wildman–Crippen LogP) is 2.00. The number of aliphatic hydroxyl groups is 2. The van der Waals surface area contributed by atoms with Crippen LogP contribution in [-0.2, 0) is 14.3 Å². The average molecular weight is 642 g/mol. The molecule has 1 aromatic carbocycles. The minimum absolute atomic E-state index is 0.0611. The molecular weight excluding hydrogens is 607 g/mol. The molecule has 3 rings (SSSR count). The summed E-state index contributed by atoms with van der Waals surface area (Å²) in [6.45, 7) is 2.63. The molecule has 3 N–H and O–H groups in total. The van der Waals surface area contributed by atoms with Gasteiger partial charge in [0.15, 0.2) is 11.5 Å². The topological polar surface area (TPSA) is 135 Å². The molecule has 2 aliphatic rings. The van der Waals surface area contributed by atoms with Gasteiger partial charge in [-0.2, -0.15) is 0 Å². The molecule has 1 fully saturated rings. The summed E-state index contributed by atoms with van der Waals surface area (Å²) in [7, 11) is 1.44. The Bertz CT molecular complexity index is 1050. The Labute approximate surface area is 236 Å². The molecule has 1 saturated heterocycles. The van der Waals surface area contributed by atoms with Gasteiger partial charge in [-0.05, 0) is 66.1 Å². The van der Waals surface area contributed by atoms with E-state index in [0.717, 1.165) is 12.8 Å². The molecule has 0 spiro atoms. The molecule has 0 bridgehead atoms. The third-order valence-corrected chi connectivity index (χ3v) is 7.26. The minimum Gasteiger partial charge on any atom is -0.493 e. The van der Waals surface area contributed by atoms with E-state index in [2.05, 4.69) is 5.32 Å². The van der Waals surface area contributed by atoms with Crippen molar-refractivity contribution in [2.24, 2.45) is 0 Å². The van der Waals surface area contributed by atoms with Crippen LogP contribution in [0.4, 0.5) is 0 Å². The van der Waals surface area contributed by atoms with Crippen molar-refractivity contribution in [1.29, 1.82) is 0 Å². The quantitative estimate of drug-likeness (QED) is 0.179. The highest BCUT2D eigenvalue weighted by atomic mass is 127. The number of amides is 2. The van der Waals surface area contributed by atoms with Gasteiger partial charge in [-0.25, -0.2) is 0 Å². The third kappa shape index (κ3) is 7.55. The third-order valence-electron chi connectivity index (χ3n) is 6.46. The number of nitrogens with one attached hydrogen (secondary N) is 1. The number of hydrogen-bond acceptors (Lipinski definition) is 8. The Balaban J connectivity index is 2.00. The second kappa shape index (κ2) is 14.6. The van der Waals surface area contributed by atoms with Crippen molar-refractivity contribution in [1.82, 2.24) is 10.2 Å². The molecule has 38 heavy (non-hydrogen) atoms. The molecule has 208 valence electrons. The fourth-order valence-corrected chi connectivity index (χ4v) is 5.30. The van der Waals surface area contributed by atoms with Crippen LogP contribution in [0.2, 0.25) is 0 Å². The van der Waals surface area contributed by atoms with Crippen LogP contribution < -0.4 is 14.8 Å². The molecule has 1 aliphatic heterocycles. The number of aldehydes is 1. The van der Waals surface area contributed by atoms with Crippen LogP contribution in [-0.4, -0.2) is 91.0 Å². The first-order chi connectivity index (χ1) is 18.3. The van der Waals surface area contributed by atoms with Crippen molar-refractivity contribution < 1.29 is 38.8 Å². The number of methoxy groups -OCH3 is 1. The van der Waals surface area contributed by atoms with E-state index < -0.39 is 24.2 Å². The van der Waals surface area contributed by atoms with Crippen molar-refractivity contribution in [3.63, 3.8) is 0 Å². The normalized spacial score (nSPS) is 23.1. The summed E-state index contributed by atoms with van der Waals surface area (Å²) >= 11 is 2.01. The molecule has 2 amide bonds. The standard InChI is InChI=1S/C27H35IN2O8/c1-3-4-7-24(33)30(15-19-6-5-10-37-19)21-13-18(27(35)29-8-9-31)14-22(25(21)34)38-26-20(28)11-17(16-32)12-23(26)36-2/h4,7,11-12,14,16,19,21-22,25,31,34H,3,5-6,8-10,13,15H2,1-2H3,(H,29,35)/t19-,21+,22-,25-/m0/s1. The Morgan fingerprint density at radius 1 is 1.34 bits per heavy atom. The Morgan fingerprint density at radius 2 is 2.13 bits per heavy atom. The van der Waals surface area contributed by atoms with E-state index in [-0.39, 0.29) is 38.1 Å². The summed E-state index contributed by atoms with van der Waals surface area (Å²) < 4.78 is 18.0. The number of nitrogens with zero attached hydrogens (tertiary/aromatic N) is 1. The first kappa shape index (κ1) is 30.1. The fourth-order valence-electron chi connectivity index (χ4n) is 4.55. The molecule has 11 heteroatoms. The maximum absolute atomic E-state index is 13.3. The number of carbonyl (C=O) groups is 3. The number of rotatable bonds is 12. The van der Waals surface area contributed by atoms with Crippen LogP contribution in [0.15, 0.2) is 35.9 Å². The lowest BCUT2D eigenvalue weighted by atomic mass is 9.87. The Hall–Kier alpha value is -2.48. The van der Waals surface area contributed by atoms with Crippen LogP contribution in [0, 0.1) is 3.57 Å². The van der Waals surface area contributed by atoms with Gasteiger partial charge in [0.2, 0.25) is 11.8 Å². The first-order valence-corrected chi connectivity index (χ1v) is 13.8. The van der Waals surface area contributed by atoms with E-state index in [9.17, 15) is 24.6 Å². The zero-order valence-electron chi connectivity index (χ0n) is 21.6. The molecule has 0 radical (unpaired) electrons. The first-order valence-electron chi connectivity index (χ1n) is 12.7. The van der Waals surface area contributed by atoms with Crippen LogP contribution in [0.25, 0.3) is 0 Å². The van der Waals surface area contributed by atoms with E-state index in [4.69, 9.17) is 14.2 Å². The summed E-state index contributed by atoms with van der Waals surface area (Å²) in [4.78, 5) is 39.1. The van der Waals surface area contributed by atoms with Gasteiger partial charge in [0.25, 0.3) is 0 Å². The average Bonchev–Trinajstić information content (AvgIpc) is 3.44. The van der Waals surface area contributed by atoms with Gasteiger partial charge >= 0.3 is 0 Å².